The highest BCUT2D eigenvalue weighted by Crippen LogP contribution is 2.37. The van der Waals surface area contributed by atoms with Crippen LogP contribution >= 0.6 is 0 Å². The van der Waals surface area contributed by atoms with Crippen LogP contribution in [0.1, 0.15) is 71.1 Å². The molecule has 3 aliphatic heterocycles. The van der Waals surface area contributed by atoms with Gasteiger partial charge in [-0.25, -0.2) is 12.8 Å². The molecule has 0 bridgehead atoms. The van der Waals surface area contributed by atoms with Crippen molar-refractivity contribution < 1.29 is 63.3 Å². The number of carbonyl (C=O) groups is 2. The van der Waals surface area contributed by atoms with E-state index in [-0.39, 0.29) is 69.2 Å². The molecule has 3 heterocycles. The van der Waals surface area contributed by atoms with Gasteiger partial charge in [-0.05, 0) is 99.0 Å². The Hall–Kier alpha value is -4.23. The lowest BCUT2D eigenvalue weighted by Crippen LogP contribution is -2.50. The average Bonchev–Trinajstić information content (AvgIpc) is 3.40. The van der Waals surface area contributed by atoms with Gasteiger partial charge in [0.05, 0.1) is 12.2 Å². The maximum absolute atomic E-state index is 13.4. The molecule has 0 aliphatic carbocycles. The van der Waals surface area contributed by atoms with Crippen molar-refractivity contribution in [1.29, 1.82) is 0 Å². The number of benzene rings is 2. The van der Waals surface area contributed by atoms with E-state index in [1.54, 1.807) is 30.9 Å². The summed E-state index contributed by atoms with van der Waals surface area (Å²) in [6, 6.07) is 6.39. The van der Waals surface area contributed by atoms with Crippen LogP contribution in [0.2, 0.25) is 0 Å². The predicted molar refractivity (Wildman–Crippen MR) is 182 cm³/mol. The Morgan fingerprint density at radius 1 is 0.981 bits per heavy atom. The Balaban J connectivity index is 1.25. The van der Waals surface area contributed by atoms with Gasteiger partial charge in [-0.15, -0.1) is 13.2 Å². The maximum atomic E-state index is 13.4. The Kier molecular flexibility index (Phi) is 11.7. The molecule has 0 atom stereocenters. The molecule has 2 amide bonds. The topological polar surface area (TPSA) is 138 Å². The number of carbonyl (C=O) groups excluding carboxylic acids is 2. The number of amidine groups is 1. The number of halogens is 7. The van der Waals surface area contributed by atoms with E-state index in [4.69, 9.17) is 4.74 Å². The molecule has 2 saturated heterocycles. The molecule has 3 aliphatic rings. The molecular formula is C35H39F7N4O7S. The van der Waals surface area contributed by atoms with Gasteiger partial charge in [0.15, 0.2) is 11.5 Å². The number of aliphatic hydroxyl groups is 1. The van der Waals surface area contributed by atoms with Gasteiger partial charge in [-0.2, -0.15) is 17.5 Å². The van der Waals surface area contributed by atoms with Gasteiger partial charge in [0.25, 0.3) is 11.8 Å². The first-order valence-corrected chi connectivity index (χ1v) is 18.5. The van der Waals surface area contributed by atoms with Gasteiger partial charge < -0.3 is 24.8 Å². The Morgan fingerprint density at radius 3 is 2.19 bits per heavy atom. The molecular weight excluding hydrogens is 753 g/mol. The molecule has 0 saturated carbocycles. The standard InChI is InChI=1S/C35H39F7N4O7S/c1-22-18-25(30(47)45-12-8-32(49,21-36)9-13-45)19-23(2)26(22)6-17-54(50,51)46-14-10-33(11-15-46)31(48)43-29(44-33)24-4-5-27(53-35(40,41)42)28(20-24)52-16-3-7-34(37,38)39/h4-6,17-20,49H,3,7-16,21H2,1-2H3,(H,43,44,48)/b17-6+. The molecule has 5 rings (SSSR count). The predicted octanol–water partition coefficient (Wildman–Crippen LogP) is 5.57. The summed E-state index contributed by atoms with van der Waals surface area (Å²) in [6.07, 6.45) is -9.75. The zero-order chi connectivity index (χ0) is 39.7. The molecule has 1 spiro atoms. The summed E-state index contributed by atoms with van der Waals surface area (Å²) in [6.45, 7) is 2.21. The van der Waals surface area contributed by atoms with E-state index in [0.29, 0.717) is 22.3 Å². The number of ether oxygens (including phenoxy) is 2. The monoisotopic (exact) mass is 792 g/mol. The summed E-state index contributed by atoms with van der Waals surface area (Å²) in [5.41, 5.74) is -0.490. The third kappa shape index (κ3) is 9.70. The second kappa shape index (κ2) is 15.5. The van der Waals surface area contributed by atoms with Crippen LogP contribution in [0.5, 0.6) is 11.5 Å². The molecule has 19 heteroatoms. The number of hydrogen-bond acceptors (Lipinski definition) is 8. The quantitative estimate of drug-likeness (QED) is 0.224. The summed E-state index contributed by atoms with van der Waals surface area (Å²) in [5, 5.41) is 13.8. The number of aliphatic imine (C=N–C) groups is 1. The van der Waals surface area contributed by atoms with E-state index in [1.807, 2.05) is 0 Å². The number of hydrogen-bond donors (Lipinski definition) is 2. The summed E-state index contributed by atoms with van der Waals surface area (Å²) in [4.78, 5) is 32.3. The van der Waals surface area contributed by atoms with Crippen molar-refractivity contribution in [2.45, 2.75) is 76.1 Å². The molecule has 54 heavy (non-hydrogen) atoms. The van der Waals surface area contributed by atoms with Crippen LogP contribution in [0, 0.1) is 13.8 Å². The maximum Gasteiger partial charge on any atom is 0.573 e. The molecule has 0 unspecified atom stereocenters. The van der Waals surface area contributed by atoms with E-state index in [1.165, 1.54) is 16.4 Å². The highest BCUT2D eigenvalue weighted by atomic mass is 32.2. The number of likely N-dealkylation sites (tertiary alicyclic amines) is 1. The molecule has 2 fully saturated rings. The van der Waals surface area contributed by atoms with Crippen molar-refractivity contribution in [2.24, 2.45) is 4.99 Å². The Bertz CT molecular complexity index is 1890. The zero-order valence-electron chi connectivity index (χ0n) is 29.3. The molecule has 2 aromatic carbocycles. The van der Waals surface area contributed by atoms with Crippen molar-refractivity contribution in [3.05, 3.63) is 63.6 Å². The van der Waals surface area contributed by atoms with Gasteiger partial charge in [0.2, 0.25) is 10.0 Å². The normalized spacial score (nSPS) is 19.3. The van der Waals surface area contributed by atoms with E-state index in [9.17, 15) is 53.8 Å². The Morgan fingerprint density at radius 2 is 1.61 bits per heavy atom. The first kappa shape index (κ1) is 40.9. The SMILES string of the molecule is Cc1cc(C(=O)N2CCC(O)(CF)CC2)cc(C)c1/C=C/S(=O)(=O)N1CCC2(CC1)N=C(c1ccc(OC(F)(F)F)c(OCCCC(F)(F)F)c1)NC2=O. The van der Waals surface area contributed by atoms with E-state index in [2.05, 4.69) is 15.0 Å². The summed E-state index contributed by atoms with van der Waals surface area (Å²) < 4.78 is 127. The smallest absolute Gasteiger partial charge is 0.490 e. The largest absolute Gasteiger partial charge is 0.573 e. The molecule has 2 aromatic rings. The number of piperidine rings is 2. The van der Waals surface area contributed by atoms with Crippen molar-refractivity contribution in [1.82, 2.24) is 14.5 Å². The van der Waals surface area contributed by atoms with Gasteiger partial charge >= 0.3 is 12.5 Å². The highest BCUT2D eigenvalue weighted by Gasteiger charge is 2.47. The average molecular weight is 793 g/mol. The third-order valence-corrected chi connectivity index (χ3v) is 11.2. The minimum atomic E-state index is -5.12. The number of alkyl halides is 7. The van der Waals surface area contributed by atoms with Gasteiger partial charge in [0.1, 0.15) is 18.0 Å². The van der Waals surface area contributed by atoms with Crippen LogP contribution < -0.4 is 14.8 Å². The second-order valence-corrected chi connectivity index (χ2v) is 15.5. The number of nitrogens with one attached hydrogen (secondary N) is 1. The van der Waals surface area contributed by atoms with Crippen LogP contribution in [0.4, 0.5) is 30.7 Å². The second-order valence-electron chi connectivity index (χ2n) is 13.6. The fourth-order valence-corrected chi connectivity index (χ4v) is 7.75. The summed E-state index contributed by atoms with van der Waals surface area (Å²) in [7, 11) is -4.00. The van der Waals surface area contributed by atoms with E-state index >= 15 is 0 Å². The molecule has 0 aromatic heterocycles. The summed E-state index contributed by atoms with van der Waals surface area (Å²) >= 11 is 0. The van der Waals surface area contributed by atoms with Crippen LogP contribution in [0.15, 0.2) is 40.7 Å². The molecule has 296 valence electrons. The number of rotatable bonds is 11. The highest BCUT2D eigenvalue weighted by molar-refractivity contribution is 7.92. The van der Waals surface area contributed by atoms with Gasteiger partial charge in [-0.1, -0.05) is 0 Å². The van der Waals surface area contributed by atoms with Gasteiger partial charge in [0, 0.05) is 49.1 Å². The lowest BCUT2D eigenvalue weighted by molar-refractivity contribution is -0.275. The lowest BCUT2D eigenvalue weighted by Gasteiger charge is -2.36. The fourth-order valence-electron chi connectivity index (χ4n) is 6.58. The Labute approximate surface area is 306 Å². The van der Waals surface area contributed by atoms with Crippen LogP contribution in [0.25, 0.3) is 6.08 Å². The molecule has 0 radical (unpaired) electrons. The molecule has 2 N–H and O–H groups in total. The number of nitrogens with zero attached hydrogens (tertiary/aromatic N) is 3. The first-order chi connectivity index (χ1) is 25.1. The van der Waals surface area contributed by atoms with E-state index in [0.717, 1.165) is 17.5 Å². The lowest BCUT2D eigenvalue weighted by atomic mass is 9.89. The minimum absolute atomic E-state index is 0.0282. The van der Waals surface area contributed by atoms with Crippen molar-refractivity contribution >= 4 is 33.7 Å². The number of sulfonamides is 1. The van der Waals surface area contributed by atoms with Crippen LogP contribution in [-0.4, -0.2) is 104 Å². The van der Waals surface area contributed by atoms with Crippen LogP contribution in [0.3, 0.4) is 0 Å². The number of aryl methyl sites for hydroxylation is 2. The zero-order valence-corrected chi connectivity index (χ0v) is 30.1. The van der Waals surface area contributed by atoms with Crippen molar-refractivity contribution in [2.75, 3.05) is 39.5 Å². The van der Waals surface area contributed by atoms with E-state index < -0.39 is 77.2 Å². The minimum Gasteiger partial charge on any atom is -0.490 e. The van der Waals surface area contributed by atoms with Gasteiger partial charge in [-0.3, -0.25) is 14.6 Å². The molecule has 11 nitrogen and oxygen atoms in total. The van der Waals surface area contributed by atoms with Crippen molar-refractivity contribution in [3.63, 3.8) is 0 Å². The van der Waals surface area contributed by atoms with Crippen molar-refractivity contribution in [3.8, 4) is 11.5 Å². The summed E-state index contributed by atoms with van der Waals surface area (Å²) in [5.74, 6) is -2.19. The fraction of sp³-hybridized carbons (Fsp3) is 0.514. The third-order valence-electron chi connectivity index (χ3n) is 9.67. The first-order valence-electron chi connectivity index (χ1n) is 17.0. The van der Waals surface area contributed by atoms with Crippen LogP contribution in [-0.2, 0) is 14.8 Å². The number of amides is 2.